The molecule has 0 saturated heterocycles. The van der Waals surface area contributed by atoms with Crippen LogP contribution >= 0.6 is 0 Å². The minimum Gasteiger partial charge on any atom is -0.393 e. The van der Waals surface area contributed by atoms with E-state index in [0.717, 1.165) is 13.0 Å². The SMILES string of the molecule is COCCCn1cnc(=O)c(N)c1. The van der Waals surface area contributed by atoms with Gasteiger partial charge in [-0.1, -0.05) is 0 Å². The lowest BCUT2D eigenvalue weighted by Gasteiger charge is -2.04. The fourth-order valence-corrected chi connectivity index (χ4v) is 0.982. The van der Waals surface area contributed by atoms with Crippen molar-refractivity contribution in [3.05, 3.63) is 22.9 Å². The van der Waals surface area contributed by atoms with Gasteiger partial charge in [0, 0.05) is 26.5 Å². The molecule has 0 aliphatic carbocycles. The summed E-state index contributed by atoms with van der Waals surface area (Å²) in [5, 5.41) is 0. The van der Waals surface area contributed by atoms with Gasteiger partial charge in [-0.25, -0.2) is 0 Å². The van der Waals surface area contributed by atoms with Crippen LogP contribution in [0.25, 0.3) is 0 Å². The topological polar surface area (TPSA) is 70.1 Å². The van der Waals surface area contributed by atoms with Crippen LogP contribution in [0.4, 0.5) is 5.69 Å². The molecule has 0 radical (unpaired) electrons. The predicted octanol–water partition coefficient (Wildman–Crippen LogP) is -0.138. The summed E-state index contributed by atoms with van der Waals surface area (Å²) < 4.78 is 6.66. The molecule has 0 aromatic carbocycles. The van der Waals surface area contributed by atoms with Crippen LogP contribution in [0.3, 0.4) is 0 Å². The van der Waals surface area contributed by atoms with Crippen molar-refractivity contribution >= 4 is 5.69 Å². The highest BCUT2D eigenvalue weighted by atomic mass is 16.5. The van der Waals surface area contributed by atoms with Crippen molar-refractivity contribution in [1.82, 2.24) is 9.55 Å². The van der Waals surface area contributed by atoms with Crippen LogP contribution in [0.15, 0.2) is 17.3 Å². The first kappa shape index (κ1) is 9.73. The maximum atomic E-state index is 10.8. The van der Waals surface area contributed by atoms with E-state index in [0.29, 0.717) is 6.61 Å². The van der Waals surface area contributed by atoms with Crippen LogP contribution in [0.1, 0.15) is 6.42 Å². The lowest BCUT2D eigenvalue weighted by atomic mass is 10.4. The summed E-state index contributed by atoms with van der Waals surface area (Å²) in [6.45, 7) is 1.44. The van der Waals surface area contributed by atoms with Crippen molar-refractivity contribution in [2.75, 3.05) is 19.5 Å². The highest BCUT2D eigenvalue weighted by Crippen LogP contribution is 1.93. The van der Waals surface area contributed by atoms with Crippen molar-refractivity contribution < 1.29 is 4.74 Å². The summed E-state index contributed by atoms with van der Waals surface area (Å²) >= 11 is 0. The monoisotopic (exact) mass is 183 g/mol. The van der Waals surface area contributed by atoms with Gasteiger partial charge in [-0.15, -0.1) is 0 Å². The Kier molecular flexibility index (Phi) is 3.45. The number of hydrogen-bond acceptors (Lipinski definition) is 4. The minimum atomic E-state index is -0.372. The van der Waals surface area contributed by atoms with Gasteiger partial charge in [0.25, 0.3) is 5.56 Å². The van der Waals surface area contributed by atoms with Crippen molar-refractivity contribution in [3.8, 4) is 0 Å². The maximum Gasteiger partial charge on any atom is 0.295 e. The maximum absolute atomic E-state index is 10.8. The van der Waals surface area contributed by atoms with Gasteiger partial charge in [0.2, 0.25) is 0 Å². The average Bonchev–Trinajstić information content (AvgIpc) is 2.12. The van der Waals surface area contributed by atoms with Gasteiger partial charge >= 0.3 is 0 Å². The zero-order chi connectivity index (χ0) is 9.68. The van der Waals surface area contributed by atoms with E-state index in [4.69, 9.17) is 10.5 Å². The van der Waals surface area contributed by atoms with Crippen LogP contribution in [0, 0.1) is 0 Å². The lowest BCUT2D eigenvalue weighted by Crippen LogP contribution is -2.15. The standard InChI is InChI=1S/C8H13N3O2/c1-13-4-2-3-11-5-7(9)8(12)10-6-11/h5-6H,2-4,9H2,1H3. The van der Waals surface area contributed by atoms with Gasteiger partial charge in [-0.05, 0) is 6.42 Å². The average molecular weight is 183 g/mol. The molecule has 0 spiro atoms. The summed E-state index contributed by atoms with van der Waals surface area (Å²) in [4.78, 5) is 14.4. The van der Waals surface area contributed by atoms with E-state index in [9.17, 15) is 4.79 Å². The molecule has 72 valence electrons. The molecule has 0 fully saturated rings. The number of nitrogens with two attached hydrogens (primary N) is 1. The molecule has 2 N–H and O–H groups in total. The predicted molar refractivity (Wildman–Crippen MR) is 49.4 cm³/mol. The number of nitrogens with zero attached hydrogens (tertiary/aromatic N) is 2. The largest absolute Gasteiger partial charge is 0.393 e. The smallest absolute Gasteiger partial charge is 0.295 e. The van der Waals surface area contributed by atoms with Crippen LogP contribution < -0.4 is 11.3 Å². The third-order valence-electron chi connectivity index (χ3n) is 1.64. The summed E-state index contributed by atoms with van der Waals surface area (Å²) in [7, 11) is 1.65. The summed E-state index contributed by atoms with van der Waals surface area (Å²) in [6.07, 6.45) is 3.94. The molecular formula is C8H13N3O2. The van der Waals surface area contributed by atoms with Crippen LogP contribution in [-0.2, 0) is 11.3 Å². The molecule has 13 heavy (non-hydrogen) atoms. The Morgan fingerprint density at radius 3 is 3.08 bits per heavy atom. The summed E-state index contributed by atoms with van der Waals surface area (Å²) in [5.41, 5.74) is 5.21. The number of aryl methyl sites for hydroxylation is 1. The van der Waals surface area contributed by atoms with Gasteiger partial charge < -0.3 is 15.0 Å². The molecule has 1 aromatic rings. The van der Waals surface area contributed by atoms with E-state index in [1.54, 1.807) is 17.9 Å². The third kappa shape index (κ3) is 2.87. The van der Waals surface area contributed by atoms with Crippen molar-refractivity contribution in [2.24, 2.45) is 0 Å². The Balaban J connectivity index is 2.58. The fraction of sp³-hybridized carbons (Fsp3) is 0.500. The van der Waals surface area contributed by atoms with E-state index in [-0.39, 0.29) is 11.2 Å². The second kappa shape index (κ2) is 4.61. The number of aromatic nitrogens is 2. The molecule has 0 aliphatic heterocycles. The zero-order valence-electron chi connectivity index (χ0n) is 7.56. The molecule has 5 nitrogen and oxygen atoms in total. The normalized spacial score (nSPS) is 10.2. The Morgan fingerprint density at radius 1 is 1.69 bits per heavy atom. The molecular weight excluding hydrogens is 170 g/mol. The van der Waals surface area contributed by atoms with Gasteiger partial charge in [0.05, 0.1) is 6.33 Å². The number of nitrogen functional groups attached to an aromatic ring is 1. The van der Waals surface area contributed by atoms with Gasteiger partial charge in [-0.3, -0.25) is 4.79 Å². The number of rotatable bonds is 4. The molecule has 1 aromatic heterocycles. The summed E-state index contributed by atoms with van der Waals surface area (Å²) in [5.74, 6) is 0. The molecule has 0 aliphatic rings. The third-order valence-corrected chi connectivity index (χ3v) is 1.64. The molecule has 0 atom stereocenters. The van der Waals surface area contributed by atoms with E-state index >= 15 is 0 Å². The molecule has 0 unspecified atom stereocenters. The number of hydrogen-bond donors (Lipinski definition) is 1. The van der Waals surface area contributed by atoms with Gasteiger partial charge in [0.15, 0.2) is 0 Å². The summed E-state index contributed by atoms with van der Waals surface area (Å²) in [6, 6.07) is 0. The van der Waals surface area contributed by atoms with Crippen LogP contribution in [0.2, 0.25) is 0 Å². The van der Waals surface area contributed by atoms with Crippen molar-refractivity contribution in [1.29, 1.82) is 0 Å². The Bertz CT molecular complexity index is 321. The van der Waals surface area contributed by atoms with Crippen LogP contribution in [-0.4, -0.2) is 23.3 Å². The molecule has 1 heterocycles. The first-order valence-corrected chi connectivity index (χ1v) is 4.04. The second-order valence-electron chi connectivity index (χ2n) is 2.72. The number of anilines is 1. The van der Waals surface area contributed by atoms with Crippen molar-refractivity contribution in [3.63, 3.8) is 0 Å². The van der Waals surface area contributed by atoms with E-state index in [1.165, 1.54) is 6.33 Å². The zero-order valence-corrected chi connectivity index (χ0v) is 7.56. The fourth-order valence-electron chi connectivity index (χ4n) is 0.982. The van der Waals surface area contributed by atoms with Crippen LogP contribution in [0.5, 0.6) is 0 Å². The molecule has 0 bridgehead atoms. The first-order chi connectivity index (χ1) is 6.24. The van der Waals surface area contributed by atoms with Gasteiger partial charge in [0.1, 0.15) is 5.69 Å². The first-order valence-electron chi connectivity index (χ1n) is 4.04. The Hall–Kier alpha value is -1.36. The molecule has 0 amide bonds. The highest BCUT2D eigenvalue weighted by Gasteiger charge is 1.95. The Morgan fingerprint density at radius 2 is 2.46 bits per heavy atom. The second-order valence-corrected chi connectivity index (χ2v) is 2.72. The van der Waals surface area contributed by atoms with Crippen molar-refractivity contribution in [2.45, 2.75) is 13.0 Å². The number of ether oxygens (including phenoxy) is 1. The molecule has 0 saturated carbocycles. The van der Waals surface area contributed by atoms with E-state index in [1.807, 2.05) is 0 Å². The molecule has 1 rings (SSSR count). The number of methoxy groups -OCH3 is 1. The highest BCUT2D eigenvalue weighted by molar-refractivity contribution is 5.29. The van der Waals surface area contributed by atoms with E-state index in [2.05, 4.69) is 4.98 Å². The van der Waals surface area contributed by atoms with Gasteiger partial charge in [-0.2, -0.15) is 4.98 Å². The Labute approximate surface area is 76.2 Å². The van der Waals surface area contributed by atoms with E-state index < -0.39 is 0 Å². The minimum absolute atomic E-state index is 0.180. The lowest BCUT2D eigenvalue weighted by molar-refractivity contribution is 0.190. The molecule has 5 heteroatoms. The quantitative estimate of drug-likeness (QED) is 0.660.